The third kappa shape index (κ3) is 3.48. The van der Waals surface area contributed by atoms with Gasteiger partial charge in [0.25, 0.3) is 0 Å². The molecule has 0 fully saturated rings. The quantitative estimate of drug-likeness (QED) is 0.791. The van der Waals surface area contributed by atoms with Crippen LogP contribution in [0.2, 0.25) is 0 Å². The van der Waals surface area contributed by atoms with Crippen molar-refractivity contribution in [2.75, 3.05) is 19.5 Å². The Hall–Kier alpha value is -0.590. The molecule has 0 bridgehead atoms. The van der Waals surface area contributed by atoms with Gasteiger partial charge in [-0.25, -0.2) is 0 Å². The Kier molecular flexibility index (Phi) is 4.56. The fourth-order valence-corrected chi connectivity index (χ4v) is 1.41. The van der Waals surface area contributed by atoms with Gasteiger partial charge in [-0.15, -0.1) is 0 Å². The standard InChI is InChI=1S/C9H17N3O2S/c1-4-13-6-9(2,10)8-11-7(5-15-3)14-12-8/h4-6,10H2,1-3H3. The summed E-state index contributed by atoms with van der Waals surface area (Å²) in [5.41, 5.74) is 5.33. The normalized spacial score (nSPS) is 15.2. The van der Waals surface area contributed by atoms with Crippen molar-refractivity contribution < 1.29 is 9.26 Å². The van der Waals surface area contributed by atoms with E-state index in [1.54, 1.807) is 11.8 Å². The first-order chi connectivity index (χ1) is 7.10. The zero-order chi connectivity index (χ0) is 11.3. The topological polar surface area (TPSA) is 74.2 Å². The third-order valence-electron chi connectivity index (χ3n) is 1.85. The van der Waals surface area contributed by atoms with Gasteiger partial charge in [0.05, 0.1) is 12.4 Å². The zero-order valence-corrected chi connectivity index (χ0v) is 10.1. The summed E-state index contributed by atoms with van der Waals surface area (Å²) in [5, 5.41) is 3.85. The monoisotopic (exact) mass is 231 g/mol. The molecular formula is C9H17N3O2S. The minimum absolute atomic E-state index is 0.391. The molecule has 15 heavy (non-hydrogen) atoms. The minimum atomic E-state index is -0.684. The van der Waals surface area contributed by atoms with E-state index in [1.165, 1.54) is 0 Å². The molecule has 0 aliphatic heterocycles. The number of thioether (sulfide) groups is 1. The third-order valence-corrected chi connectivity index (χ3v) is 2.39. The van der Waals surface area contributed by atoms with Gasteiger partial charge >= 0.3 is 0 Å². The highest BCUT2D eigenvalue weighted by Crippen LogP contribution is 2.16. The van der Waals surface area contributed by atoms with Gasteiger partial charge in [0.15, 0.2) is 5.82 Å². The maximum Gasteiger partial charge on any atom is 0.236 e. The molecule has 0 spiro atoms. The summed E-state index contributed by atoms with van der Waals surface area (Å²) < 4.78 is 10.3. The molecule has 0 aliphatic carbocycles. The molecule has 1 rings (SSSR count). The summed E-state index contributed by atoms with van der Waals surface area (Å²) in [6.45, 7) is 4.77. The van der Waals surface area contributed by atoms with E-state index >= 15 is 0 Å². The predicted octanol–water partition coefficient (Wildman–Crippen LogP) is 1.14. The second-order valence-electron chi connectivity index (χ2n) is 3.50. The maximum atomic E-state index is 6.02. The lowest BCUT2D eigenvalue weighted by atomic mass is 10.1. The van der Waals surface area contributed by atoms with Crippen LogP contribution in [0, 0.1) is 0 Å². The molecule has 0 aliphatic rings. The molecule has 0 saturated carbocycles. The highest BCUT2D eigenvalue weighted by atomic mass is 32.2. The van der Waals surface area contributed by atoms with Crippen LogP contribution >= 0.6 is 11.8 Å². The van der Waals surface area contributed by atoms with Crippen molar-refractivity contribution in [1.29, 1.82) is 0 Å². The van der Waals surface area contributed by atoms with Crippen LogP contribution in [0.5, 0.6) is 0 Å². The van der Waals surface area contributed by atoms with Crippen molar-refractivity contribution in [3.05, 3.63) is 11.7 Å². The van der Waals surface area contributed by atoms with Crippen molar-refractivity contribution in [3.8, 4) is 0 Å². The first-order valence-electron chi connectivity index (χ1n) is 4.78. The second-order valence-corrected chi connectivity index (χ2v) is 4.37. The Labute approximate surface area is 93.7 Å². The molecule has 1 aromatic rings. The average Bonchev–Trinajstić information content (AvgIpc) is 2.65. The lowest BCUT2D eigenvalue weighted by Gasteiger charge is -2.19. The first-order valence-corrected chi connectivity index (χ1v) is 6.18. The van der Waals surface area contributed by atoms with Gasteiger partial charge in [-0.05, 0) is 20.1 Å². The Morgan fingerprint density at radius 3 is 2.93 bits per heavy atom. The number of nitrogens with two attached hydrogens (primary N) is 1. The number of hydrogen-bond acceptors (Lipinski definition) is 6. The van der Waals surface area contributed by atoms with Crippen molar-refractivity contribution in [2.45, 2.75) is 25.1 Å². The number of hydrogen-bond donors (Lipinski definition) is 1. The van der Waals surface area contributed by atoms with Crippen LogP contribution in [-0.2, 0) is 16.0 Å². The molecule has 0 aromatic carbocycles. The highest BCUT2D eigenvalue weighted by Gasteiger charge is 2.27. The van der Waals surface area contributed by atoms with Crippen LogP contribution in [0.1, 0.15) is 25.6 Å². The van der Waals surface area contributed by atoms with E-state index in [0.29, 0.717) is 30.7 Å². The van der Waals surface area contributed by atoms with Crippen molar-refractivity contribution in [2.24, 2.45) is 5.73 Å². The summed E-state index contributed by atoms with van der Waals surface area (Å²) in [6, 6.07) is 0. The van der Waals surface area contributed by atoms with E-state index in [1.807, 2.05) is 20.1 Å². The SMILES string of the molecule is CCOCC(C)(N)c1noc(CSC)n1. The van der Waals surface area contributed by atoms with E-state index in [4.69, 9.17) is 15.0 Å². The van der Waals surface area contributed by atoms with Crippen molar-refractivity contribution >= 4 is 11.8 Å². The first kappa shape index (κ1) is 12.5. The van der Waals surface area contributed by atoms with Crippen LogP contribution in [0.3, 0.4) is 0 Å². The van der Waals surface area contributed by atoms with Gasteiger partial charge < -0.3 is 15.0 Å². The van der Waals surface area contributed by atoms with Gasteiger partial charge in [0.1, 0.15) is 5.54 Å². The fraction of sp³-hybridized carbons (Fsp3) is 0.778. The Balaban J connectivity index is 2.67. The Morgan fingerprint density at radius 2 is 2.33 bits per heavy atom. The van der Waals surface area contributed by atoms with Crippen LogP contribution in [0.4, 0.5) is 0 Å². The molecule has 0 radical (unpaired) electrons. The highest BCUT2D eigenvalue weighted by molar-refractivity contribution is 7.97. The average molecular weight is 231 g/mol. The molecular weight excluding hydrogens is 214 g/mol. The zero-order valence-electron chi connectivity index (χ0n) is 9.32. The van der Waals surface area contributed by atoms with Crippen LogP contribution in [0.15, 0.2) is 4.52 Å². The molecule has 1 unspecified atom stereocenters. The number of aromatic nitrogens is 2. The van der Waals surface area contributed by atoms with Gasteiger partial charge in [-0.3, -0.25) is 0 Å². The largest absolute Gasteiger partial charge is 0.379 e. The summed E-state index contributed by atoms with van der Waals surface area (Å²) in [5.74, 6) is 1.81. The Morgan fingerprint density at radius 1 is 1.60 bits per heavy atom. The van der Waals surface area contributed by atoms with Crippen LogP contribution in [-0.4, -0.2) is 29.6 Å². The molecule has 1 aromatic heterocycles. The lowest BCUT2D eigenvalue weighted by molar-refractivity contribution is 0.0962. The summed E-state index contributed by atoms with van der Waals surface area (Å²) >= 11 is 1.63. The number of rotatable bonds is 6. The number of ether oxygens (including phenoxy) is 1. The number of nitrogens with zero attached hydrogens (tertiary/aromatic N) is 2. The maximum absolute atomic E-state index is 6.02. The molecule has 1 atom stereocenters. The van der Waals surface area contributed by atoms with E-state index in [9.17, 15) is 0 Å². The summed E-state index contributed by atoms with van der Waals surface area (Å²) in [6.07, 6.45) is 1.98. The van der Waals surface area contributed by atoms with Crippen molar-refractivity contribution in [1.82, 2.24) is 10.1 Å². The molecule has 86 valence electrons. The van der Waals surface area contributed by atoms with E-state index in [0.717, 1.165) is 0 Å². The van der Waals surface area contributed by atoms with Crippen LogP contribution < -0.4 is 5.73 Å². The van der Waals surface area contributed by atoms with Crippen molar-refractivity contribution in [3.63, 3.8) is 0 Å². The van der Waals surface area contributed by atoms with E-state index < -0.39 is 5.54 Å². The second kappa shape index (κ2) is 5.48. The molecule has 0 saturated heterocycles. The molecule has 2 N–H and O–H groups in total. The predicted molar refractivity (Wildman–Crippen MR) is 59.5 cm³/mol. The molecule has 0 amide bonds. The lowest BCUT2D eigenvalue weighted by Crippen LogP contribution is -2.39. The summed E-state index contributed by atoms with van der Waals surface area (Å²) in [4.78, 5) is 4.22. The van der Waals surface area contributed by atoms with Gasteiger partial charge in [-0.1, -0.05) is 5.16 Å². The van der Waals surface area contributed by atoms with Crippen LogP contribution in [0.25, 0.3) is 0 Å². The molecule has 6 heteroatoms. The minimum Gasteiger partial charge on any atom is -0.379 e. The molecule has 5 nitrogen and oxygen atoms in total. The fourth-order valence-electron chi connectivity index (χ4n) is 1.05. The summed E-state index contributed by atoms with van der Waals surface area (Å²) in [7, 11) is 0. The van der Waals surface area contributed by atoms with E-state index in [2.05, 4.69) is 10.1 Å². The van der Waals surface area contributed by atoms with Gasteiger partial charge in [0, 0.05) is 6.61 Å². The van der Waals surface area contributed by atoms with Gasteiger partial charge in [0.2, 0.25) is 5.89 Å². The Bertz CT molecular complexity index is 301. The molecule has 1 heterocycles. The van der Waals surface area contributed by atoms with E-state index in [-0.39, 0.29) is 0 Å². The smallest absolute Gasteiger partial charge is 0.236 e. The van der Waals surface area contributed by atoms with Gasteiger partial charge in [-0.2, -0.15) is 16.7 Å².